The first-order valence-corrected chi connectivity index (χ1v) is 8.10. The molecular formula is C15H15ClN2O2S. The first-order valence-electron chi connectivity index (χ1n) is 6.74. The van der Waals surface area contributed by atoms with Gasteiger partial charge in [-0.2, -0.15) is 0 Å². The SMILES string of the molecule is COc1ccc(Cc2c(Cl)nc3n(c2=O)CCCS3)cc1. The van der Waals surface area contributed by atoms with Crippen LogP contribution in [0.15, 0.2) is 34.2 Å². The average Bonchev–Trinajstić information content (AvgIpc) is 2.52. The number of benzene rings is 1. The molecule has 0 radical (unpaired) electrons. The Kier molecular flexibility index (Phi) is 4.22. The molecule has 2 heterocycles. The molecule has 0 saturated heterocycles. The predicted octanol–water partition coefficient (Wildman–Crippen LogP) is 2.99. The molecule has 0 saturated carbocycles. The van der Waals surface area contributed by atoms with E-state index in [1.807, 2.05) is 24.3 Å². The van der Waals surface area contributed by atoms with Crippen molar-refractivity contribution in [2.24, 2.45) is 0 Å². The predicted molar refractivity (Wildman–Crippen MR) is 84.6 cm³/mol. The van der Waals surface area contributed by atoms with E-state index in [1.54, 1.807) is 23.4 Å². The monoisotopic (exact) mass is 322 g/mol. The zero-order valence-corrected chi connectivity index (χ0v) is 13.2. The molecule has 1 aromatic heterocycles. The van der Waals surface area contributed by atoms with Gasteiger partial charge in [0, 0.05) is 18.7 Å². The molecule has 0 N–H and O–H groups in total. The van der Waals surface area contributed by atoms with Gasteiger partial charge in [0.25, 0.3) is 5.56 Å². The van der Waals surface area contributed by atoms with Gasteiger partial charge < -0.3 is 4.74 Å². The van der Waals surface area contributed by atoms with Crippen molar-refractivity contribution < 1.29 is 4.74 Å². The van der Waals surface area contributed by atoms with Gasteiger partial charge in [0.2, 0.25) is 0 Å². The molecule has 0 aliphatic carbocycles. The summed E-state index contributed by atoms with van der Waals surface area (Å²) in [6.45, 7) is 0.723. The Labute approximate surface area is 132 Å². The highest BCUT2D eigenvalue weighted by Crippen LogP contribution is 2.24. The van der Waals surface area contributed by atoms with Crippen molar-refractivity contribution in [1.82, 2.24) is 9.55 Å². The molecule has 3 rings (SSSR count). The molecule has 21 heavy (non-hydrogen) atoms. The van der Waals surface area contributed by atoms with Crippen molar-refractivity contribution in [2.75, 3.05) is 12.9 Å². The lowest BCUT2D eigenvalue weighted by Crippen LogP contribution is -2.29. The largest absolute Gasteiger partial charge is 0.497 e. The third-order valence-electron chi connectivity index (χ3n) is 3.47. The lowest BCUT2D eigenvalue weighted by atomic mass is 10.1. The molecule has 4 nitrogen and oxygen atoms in total. The Hall–Kier alpha value is -1.46. The van der Waals surface area contributed by atoms with Crippen LogP contribution in [0, 0.1) is 0 Å². The molecule has 0 spiro atoms. The van der Waals surface area contributed by atoms with Gasteiger partial charge in [0.1, 0.15) is 10.9 Å². The number of halogens is 1. The highest BCUT2D eigenvalue weighted by Gasteiger charge is 2.18. The van der Waals surface area contributed by atoms with Crippen LogP contribution in [0.25, 0.3) is 0 Å². The normalized spacial score (nSPS) is 13.8. The number of rotatable bonds is 3. The zero-order chi connectivity index (χ0) is 14.8. The van der Waals surface area contributed by atoms with E-state index in [0.29, 0.717) is 17.1 Å². The second-order valence-corrected chi connectivity index (χ2v) is 6.27. The molecule has 0 atom stereocenters. The highest BCUT2D eigenvalue weighted by molar-refractivity contribution is 7.99. The number of ether oxygens (including phenoxy) is 1. The van der Waals surface area contributed by atoms with Gasteiger partial charge in [-0.15, -0.1) is 0 Å². The van der Waals surface area contributed by atoms with E-state index in [4.69, 9.17) is 16.3 Å². The summed E-state index contributed by atoms with van der Waals surface area (Å²) >= 11 is 7.80. The van der Waals surface area contributed by atoms with Crippen LogP contribution >= 0.6 is 23.4 Å². The molecule has 0 fully saturated rings. The van der Waals surface area contributed by atoms with Gasteiger partial charge in [-0.1, -0.05) is 35.5 Å². The van der Waals surface area contributed by atoms with Crippen LogP contribution in [0.5, 0.6) is 5.75 Å². The maximum atomic E-state index is 12.6. The summed E-state index contributed by atoms with van der Waals surface area (Å²) < 4.78 is 6.87. The minimum Gasteiger partial charge on any atom is -0.497 e. The molecule has 0 amide bonds. The van der Waals surface area contributed by atoms with E-state index in [1.165, 1.54) is 0 Å². The Bertz CT molecular complexity index is 713. The standard InChI is InChI=1S/C15H15ClN2O2S/c1-20-11-5-3-10(4-6-11)9-12-13(16)17-15-18(14(12)19)7-2-8-21-15/h3-6H,2,7-9H2,1H3. The van der Waals surface area contributed by atoms with Gasteiger partial charge in [-0.3, -0.25) is 9.36 Å². The van der Waals surface area contributed by atoms with Crippen molar-refractivity contribution in [3.63, 3.8) is 0 Å². The molecule has 1 aliphatic rings. The second-order valence-electron chi connectivity index (χ2n) is 4.85. The quantitative estimate of drug-likeness (QED) is 0.643. The summed E-state index contributed by atoms with van der Waals surface area (Å²) in [4.78, 5) is 16.9. The van der Waals surface area contributed by atoms with Gasteiger partial charge >= 0.3 is 0 Å². The van der Waals surface area contributed by atoms with E-state index >= 15 is 0 Å². The molecule has 6 heteroatoms. The van der Waals surface area contributed by atoms with Crippen LogP contribution in [-0.4, -0.2) is 22.4 Å². The van der Waals surface area contributed by atoms with Crippen molar-refractivity contribution in [1.29, 1.82) is 0 Å². The van der Waals surface area contributed by atoms with Crippen LogP contribution in [0.2, 0.25) is 5.15 Å². The lowest BCUT2D eigenvalue weighted by molar-refractivity contribution is 0.414. The first kappa shape index (κ1) is 14.5. The van der Waals surface area contributed by atoms with Crippen molar-refractivity contribution >= 4 is 23.4 Å². The fraction of sp³-hybridized carbons (Fsp3) is 0.333. The number of hydrogen-bond donors (Lipinski definition) is 0. The van der Waals surface area contributed by atoms with Crippen LogP contribution in [0.4, 0.5) is 0 Å². The Balaban J connectivity index is 1.96. The van der Waals surface area contributed by atoms with E-state index in [2.05, 4.69) is 4.98 Å². The van der Waals surface area contributed by atoms with Crippen LogP contribution in [0.1, 0.15) is 17.5 Å². The summed E-state index contributed by atoms with van der Waals surface area (Å²) in [5.74, 6) is 1.78. The van der Waals surface area contributed by atoms with Gasteiger partial charge in [-0.05, 0) is 24.1 Å². The van der Waals surface area contributed by atoms with Crippen LogP contribution in [0.3, 0.4) is 0 Å². The van der Waals surface area contributed by atoms with Crippen LogP contribution in [-0.2, 0) is 13.0 Å². The zero-order valence-electron chi connectivity index (χ0n) is 11.6. The van der Waals surface area contributed by atoms with Gasteiger partial charge in [-0.25, -0.2) is 4.98 Å². The van der Waals surface area contributed by atoms with Crippen LogP contribution < -0.4 is 10.3 Å². The van der Waals surface area contributed by atoms with E-state index in [9.17, 15) is 4.79 Å². The number of thioether (sulfide) groups is 1. The number of methoxy groups -OCH3 is 1. The lowest BCUT2D eigenvalue weighted by Gasteiger charge is -2.18. The molecule has 110 valence electrons. The second kappa shape index (κ2) is 6.12. The third kappa shape index (κ3) is 2.94. The van der Waals surface area contributed by atoms with Gasteiger partial charge in [0.15, 0.2) is 5.16 Å². The Morgan fingerprint density at radius 1 is 1.38 bits per heavy atom. The minimum absolute atomic E-state index is 0.0204. The molecule has 0 unspecified atom stereocenters. The Morgan fingerprint density at radius 3 is 2.86 bits per heavy atom. The number of nitrogens with zero attached hydrogens (tertiary/aromatic N) is 2. The van der Waals surface area contributed by atoms with Gasteiger partial charge in [0.05, 0.1) is 12.7 Å². The molecule has 0 bridgehead atoms. The van der Waals surface area contributed by atoms with Crippen molar-refractivity contribution in [3.8, 4) is 5.75 Å². The molecule has 1 aliphatic heterocycles. The summed E-state index contributed by atoms with van der Waals surface area (Å²) in [7, 11) is 1.63. The highest BCUT2D eigenvalue weighted by atomic mass is 35.5. The summed E-state index contributed by atoms with van der Waals surface area (Å²) in [5, 5.41) is 1.05. The number of aromatic nitrogens is 2. The molecule has 2 aromatic rings. The summed E-state index contributed by atoms with van der Waals surface area (Å²) in [6.07, 6.45) is 1.47. The molecule has 1 aromatic carbocycles. The Morgan fingerprint density at radius 2 is 2.14 bits per heavy atom. The van der Waals surface area contributed by atoms with E-state index in [-0.39, 0.29) is 5.56 Å². The van der Waals surface area contributed by atoms with E-state index < -0.39 is 0 Å². The van der Waals surface area contributed by atoms with Crippen molar-refractivity contribution in [2.45, 2.75) is 24.5 Å². The first-order chi connectivity index (χ1) is 10.2. The fourth-order valence-electron chi connectivity index (χ4n) is 2.34. The third-order valence-corrected chi connectivity index (χ3v) is 4.85. The number of fused-ring (bicyclic) bond motifs is 1. The smallest absolute Gasteiger partial charge is 0.259 e. The average molecular weight is 323 g/mol. The summed E-state index contributed by atoms with van der Waals surface area (Å²) in [6, 6.07) is 7.63. The minimum atomic E-state index is -0.0204. The van der Waals surface area contributed by atoms with Crippen molar-refractivity contribution in [3.05, 3.63) is 50.9 Å². The number of hydrogen-bond acceptors (Lipinski definition) is 4. The molecular weight excluding hydrogens is 308 g/mol. The summed E-state index contributed by atoms with van der Waals surface area (Å²) in [5.41, 5.74) is 1.56. The fourth-order valence-corrected chi connectivity index (χ4v) is 3.56. The maximum Gasteiger partial charge on any atom is 0.259 e. The topological polar surface area (TPSA) is 44.1 Å². The maximum absolute atomic E-state index is 12.6. The van der Waals surface area contributed by atoms with E-state index in [0.717, 1.165) is 35.2 Å².